The first-order valence-electron chi connectivity index (χ1n) is 10.6. The maximum Gasteiger partial charge on any atom is 0.161 e. The van der Waals surface area contributed by atoms with Crippen LogP contribution in [0.2, 0.25) is 0 Å². The van der Waals surface area contributed by atoms with Crippen molar-refractivity contribution in [2.24, 2.45) is 10.9 Å². The molecule has 0 amide bonds. The average molecular weight is 411 g/mol. The Labute approximate surface area is 183 Å². The maximum absolute atomic E-state index is 5.37. The molecule has 3 aromatic carbocycles. The van der Waals surface area contributed by atoms with Crippen LogP contribution in [0, 0.1) is 5.92 Å². The van der Waals surface area contributed by atoms with E-state index in [-0.39, 0.29) is 0 Å². The standard InChI is InChI=1S/C27H26N2O2/c1-30-25-15-10-18(16-26(25)31-2)17-28-20-13-11-19(12-14-20)27-23-8-5-7-21(23)22-6-3-4-9-24(22)29-27/h3-7,9-17,21,23,27,29H,8H2,1-2H3/t21-,23+,27+/m1/s1. The summed E-state index contributed by atoms with van der Waals surface area (Å²) in [7, 11) is 3.27. The molecular weight excluding hydrogens is 384 g/mol. The van der Waals surface area contributed by atoms with Gasteiger partial charge in [0, 0.05) is 17.8 Å². The molecule has 0 spiro atoms. The number of benzene rings is 3. The van der Waals surface area contributed by atoms with Crippen LogP contribution >= 0.6 is 0 Å². The van der Waals surface area contributed by atoms with E-state index in [9.17, 15) is 0 Å². The number of nitrogens with zero attached hydrogens (tertiary/aromatic N) is 1. The number of ether oxygens (including phenoxy) is 2. The number of allylic oxidation sites excluding steroid dienone is 2. The Morgan fingerprint density at radius 1 is 0.935 bits per heavy atom. The van der Waals surface area contributed by atoms with Gasteiger partial charge < -0.3 is 14.8 Å². The lowest BCUT2D eigenvalue weighted by Gasteiger charge is -2.37. The summed E-state index contributed by atoms with van der Waals surface area (Å²) in [6.45, 7) is 0. The fraction of sp³-hybridized carbons (Fsp3) is 0.222. The molecule has 3 aromatic rings. The van der Waals surface area contributed by atoms with Crippen molar-refractivity contribution in [3.63, 3.8) is 0 Å². The third kappa shape index (κ3) is 3.70. The fourth-order valence-corrected chi connectivity index (χ4v) is 4.72. The quantitative estimate of drug-likeness (QED) is 0.397. The number of aliphatic imine (C=N–C) groups is 1. The maximum atomic E-state index is 5.37. The highest BCUT2D eigenvalue weighted by molar-refractivity contribution is 5.83. The summed E-state index contributed by atoms with van der Waals surface area (Å²) in [5.74, 6) is 2.46. The van der Waals surface area contributed by atoms with E-state index in [2.05, 4.69) is 71.0 Å². The number of para-hydroxylation sites is 1. The topological polar surface area (TPSA) is 42.8 Å². The van der Waals surface area contributed by atoms with E-state index in [0.29, 0.717) is 29.4 Å². The van der Waals surface area contributed by atoms with Gasteiger partial charge >= 0.3 is 0 Å². The van der Waals surface area contributed by atoms with E-state index in [4.69, 9.17) is 9.47 Å². The Kier molecular flexibility index (Phi) is 5.21. The molecule has 2 aliphatic rings. The van der Waals surface area contributed by atoms with Crippen molar-refractivity contribution in [2.75, 3.05) is 19.5 Å². The first kappa shape index (κ1) is 19.4. The number of fused-ring (bicyclic) bond motifs is 3. The number of hydrogen-bond donors (Lipinski definition) is 1. The van der Waals surface area contributed by atoms with Crippen LogP contribution in [0.1, 0.15) is 35.1 Å². The molecule has 3 atom stereocenters. The molecule has 0 bridgehead atoms. The van der Waals surface area contributed by atoms with Crippen LogP contribution in [-0.4, -0.2) is 20.4 Å². The zero-order valence-electron chi connectivity index (χ0n) is 17.8. The van der Waals surface area contributed by atoms with Crippen molar-refractivity contribution in [3.8, 4) is 11.5 Å². The van der Waals surface area contributed by atoms with Gasteiger partial charge in [-0.25, -0.2) is 0 Å². The molecule has 31 heavy (non-hydrogen) atoms. The second-order valence-corrected chi connectivity index (χ2v) is 8.03. The number of hydrogen-bond acceptors (Lipinski definition) is 4. The zero-order valence-corrected chi connectivity index (χ0v) is 17.8. The predicted molar refractivity (Wildman–Crippen MR) is 126 cm³/mol. The molecule has 0 radical (unpaired) electrons. The molecule has 1 N–H and O–H groups in total. The highest BCUT2D eigenvalue weighted by atomic mass is 16.5. The lowest BCUT2D eigenvalue weighted by Crippen LogP contribution is -2.28. The molecule has 4 heteroatoms. The minimum Gasteiger partial charge on any atom is -0.493 e. The minimum absolute atomic E-state index is 0.304. The predicted octanol–water partition coefficient (Wildman–Crippen LogP) is 6.28. The molecule has 0 aromatic heterocycles. The Balaban J connectivity index is 1.35. The van der Waals surface area contributed by atoms with Crippen LogP contribution in [0.5, 0.6) is 11.5 Å². The van der Waals surface area contributed by atoms with Gasteiger partial charge in [-0.15, -0.1) is 0 Å². The SMILES string of the molecule is COc1ccc(C=Nc2ccc([C@@H]3Nc4ccccc4[C@H]4C=CC[C@@H]43)cc2)cc1OC. The summed E-state index contributed by atoms with van der Waals surface area (Å²) >= 11 is 0. The Hall–Kier alpha value is -3.53. The summed E-state index contributed by atoms with van der Waals surface area (Å²) in [5.41, 5.74) is 5.85. The van der Waals surface area contributed by atoms with Crippen molar-refractivity contribution >= 4 is 17.6 Å². The molecule has 0 saturated carbocycles. The van der Waals surface area contributed by atoms with E-state index >= 15 is 0 Å². The molecule has 156 valence electrons. The van der Waals surface area contributed by atoms with Gasteiger partial charge in [-0.3, -0.25) is 4.99 Å². The molecule has 0 saturated heterocycles. The van der Waals surface area contributed by atoms with Crippen molar-refractivity contribution in [1.82, 2.24) is 0 Å². The van der Waals surface area contributed by atoms with Gasteiger partial charge in [-0.2, -0.15) is 0 Å². The summed E-state index contributed by atoms with van der Waals surface area (Å²) in [6.07, 6.45) is 7.66. The van der Waals surface area contributed by atoms with Gasteiger partial charge in [0.2, 0.25) is 0 Å². The van der Waals surface area contributed by atoms with Crippen LogP contribution in [0.4, 0.5) is 11.4 Å². The van der Waals surface area contributed by atoms with Gasteiger partial charge in [0.25, 0.3) is 0 Å². The molecular formula is C27H26N2O2. The van der Waals surface area contributed by atoms with E-state index in [1.165, 1.54) is 16.8 Å². The largest absolute Gasteiger partial charge is 0.493 e. The van der Waals surface area contributed by atoms with E-state index in [1.807, 2.05) is 24.4 Å². The number of anilines is 1. The second kappa shape index (κ2) is 8.31. The Bertz CT molecular complexity index is 1130. The summed E-state index contributed by atoms with van der Waals surface area (Å²) in [4.78, 5) is 4.64. The Morgan fingerprint density at radius 2 is 1.74 bits per heavy atom. The van der Waals surface area contributed by atoms with Crippen LogP contribution in [0.25, 0.3) is 0 Å². The summed E-state index contributed by atoms with van der Waals surface area (Å²) in [5, 5.41) is 3.78. The van der Waals surface area contributed by atoms with Crippen molar-refractivity contribution in [1.29, 1.82) is 0 Å². The van der Waals surface area contributed by atoms with Crippen LogP contribution in [-0.2, 0) is 0 Å². The molecule has 0 unspecified atom stereocenters. The third-order valence-corrected chi connectivity index (χ3v) is 6.29. The van der Waals surface area contributed by atoms with Crippen LogP contribution < -0.4 is 14.8 Å². The van der Waals surface area contributed by atoms with Gasteiger partial charge in [0.1, 0.15) is 0 Å². The summed E-state index contributed by atoms with van der Waals surface area (Å²) in [6, 6.07) is 23.3. The van der Waals surface area contributed by atoms with Gasteiger partial charge in [0.05, 0.1) is 25.9 Å². The lowest BCUT2D eigenvalue weighted by atomic mass is 9.77. The van der Waals surface area contributed by atoms with Crippen LogP contribution in [0.15, 0.2) is 83.9 Å². The molecule has 5 rings (SSSR count). The fourth-order valence-electron chi connectivity index (χ4n) is 4.72. The number of methoxy groups -OCH3 is 2. The zero-order chi connectivity index (χ0) is 21.2. The second-order valence-electron chi connectivity index (χ2n) is 8.03. The first-order valence-corrected chi connectivity index (χ1v) is 10.6. The van der Waals surface area contributed by atoms with Gasteiger partial charge in [-0.1, -0.05) is 42.5 Å². The monoisotopic (exact) mass is 410 g/mol. The highest BCUT2D eigenvalue weighted by Gasteiger charge is 2.37. The van der Waals surface area contributed by atoms with Crippen molar-refractivity contribution in [3.05, 3.63) is 95.6 Å². The molecule has 1 heterocycles. The number of rotatable bonds is 5. The minimum atomic E-state index is 0.304. The Morgan fingerprint density at radius 3 is 2.55 bits per heavy atom. The molecule has 1 aliphatic heterocycles. The van der Waals surface area contributed by atoms with Gasteiger partial charge in [0.15, 0.2) is 11.5 Å². The average Bonchev–Trinajstić information content (AvgIpc) is 3.33. The summed E-state index contributed by atoms with van der Waals surface area (Å²) < 4.78 is 10.7. The van der Waals surface area contributed by atoms with E-state index in [1.54, 1.807) is 14.2 Å². The van der Waals surface area contributed by atoms with Gasteiger partial charge in [-0.05, 0) is 65.4 Å². The molecule has 1 aliphatic carbocycles. The lowest BCUT2D eigenvalue weighted by molar-refractivity contribution is 0.355. The normalized spacial score (nSPS) is 21.4. The van der Waals surface area contributed by atoms with Crippen molar-refractivity contribution in [2.45, 2.75) is 18.4 Å². The molecule has 4 nitrogen and oxygen atoms in total. The van der Waals surface area contributed by atoms with E-state index < -0.39 is 0 Å². The van der Waals surface area contributed by atoms with Crippen LogP contribution in [0.3, 0.4) is 0 Å². The third-order valence-electron chi connectivity index (χ3n) is 6.29. The number of nitrogens with one attached hydrogen (secondary N) is 1. The first-order chi connectivity index (χ1) is 15.3. The highest BCUT2D eigenvalue weighted by Crippen LogP contribution is 2.49. The smallest absolute Gasteiger partial charge is 0.161 e. The van der Waals surface area contributed by atoms with E-state index in [0.717, 1.165) is 17.7 Å². The van der Waals surface area contributed by atoms with Crippen molar-refractivity contribution < 1.29 is 9.47 Å². The molecule has 0 fully saturated rings.